The van der Waals surface area contributed by atoms with Gasteiger partial charge in [0.25, 0.3) is 0 Å². The van der Waals surface area contributed by atoms with Crippen LogP contribution in [0.4, 0.5) is 4.79 Å². The maximum atomic E-state index is 12.5. The molecule has 0 bridgehead atoms. The smallest absolute Gasteiger partial charge is 0.410 e. The van der Waals surface area contributed by atoms with E-state index in [4.69, 9.17) is 4.74 Å². The van der Waals surface area contributed by atoms with Crippen LogP contribution in [0.25, 0.3) is 0 Å². The Bertz CT molecular complexity index is 570. The molecular formula is C24H43N3O3. The fourth-order valence-electron chi connectivity index (χ4n) is 6.24. The van der Waals surface area contributed by atoms with Gasteiger partial charge in [0.05, 0.1) is 6.61 Å². The Hall–Kier alpha value is -1.30. The molecule has 3 unspecified atom stereocenters. The van der Waals surface area contributed by atoms with E-state index in [2.05, 4.69) is 23.6 Å². The molecule has 30 heavy (non-hydrogen) atoms. The highest BCUT2D eigenvalue weighted by Crippen LogP contribution is 2.32. The fourth-order valence-corrected chi connectivity index (χ4v) is 6.24. The van der Waals surface area contributed by atoms with Crippen LogP contribution in [0, 0.1) is 0 Å². The van der Waals surface area contributed by atoms with E-state index in [-0.39, 0.29) is 24.1 Å². The second kappa shape index (κ2) is 10.8. The summed E-state index contributed by atoms with van der Waals surface area (Å²) in [6.07, 6.45) is 11.2. The molecule has 6 nitrogen and oxygen atoms in total. The van der Waals surface area contributed by atoms with Crippen molar-refractivity contribution in [1.82, 2.24) is 14.7 Å². The van der Waals surface area contributed by atoms with E-state index >= 15 is 0 Å². The topological polar surface area (TPSA) is 53.1 Å². The Morgan fingerprint density at radius 3 is 2.20 bits per heavy atom. The van der Waals surface area contributed by atoms with E-state index in [0.717, 1.165) is 51.6 Å². The number of piperidine rings is 1. The van der Waals surface area contributed by atoms with Crippen LogP contribution in [-0.2, 0) is 9.53 Å². The summed E-state index contributed by atoms with van der Waals surface area (Å²) in [7, 11) is 0. The van der Waals surface area contributed by atoms with Crippen molar-refractivity contribution < 1.29 is 14.3 Å². The number of likely N-dealkylation sites (tertiary alicyclic amines) is 2. The van der Waals surface area contributed by atoms with Gasteiger partial charge < -0.3 is 19.4 Å². The molecule has 0 aromatic rings. The summed E-state index contributed by atoms with van der Waals surface area (Å²) in [5.41, 5.74) is 0. The Labute approximate surface area is 183 Å². The number of rotatable bonds is 7. The van der Waals surface area contributed by atoms with Gasteiger partial charge in [0, 0.05) is 50.2 Å². The first kappa shape index (κ1) is 23.4. The van der Waals surface area contributed by atoms with Gasteiger partial charge in [-0.05, 0) is 65.2 Å². The molecule has 1 saturated carbocycles. The van der Waals surface area contributed by atoms with Gasteiger partial charge in [-0.1, -0.05) is 19.8 Å². The SMILES string of the molecule is CCOC(=O)N1C(C)CCC1CC(CC)N1CCC(N(C(C)=O)C2CCCC2)CC1. The lowest BCUT2D eigenvalue weighted by Crippen LogP contribution is -2.53. The third kappa shape index (κ3) is 5.30. The molecule has 0 aromatic heterocycles. The van der Waals surface area contributed by atoms with E-state index in [1.807, 2.05) is 11.8 Å². The Morgan fingerprint density at radius 2 is 1.63 bits per heavy atom. The minimum absolute atomic E-state index is 0.144. The van der Waals surface area contributed by atoms with Crippen LogP contribution in [0.5, 0.6) is 0 Å². The molecule has 3 atom stereocenters. The highest BCUT2D eigenvalue weighted by Gasteiger charge is 2.39. The summed E-state index contributed by atoms with van der Waals surface area (Å²) in [5, 5.41) is 0. The maximum Gasteiger partial charge on any atom is 0.410 e. The molecule has 3 rings (SSSR count). The van der Waals surface area contributed by atoms with Crippen molar-refractivity contribution in [2.24, 2.45) is 0 Å². The molecule has 6 heteroatoms. The van der Waals surface area contributed by atoms with Gasteiger partial charge >= 0.3 is 6.09 Å². The zero-order chi connectivity index (χ0) is 21.7. The van der Waals surface area contributed by atoms with E-state index in [1.165, 1.54) is 25.7 Å². The molecule has 1 aliphatic carbocycles. The van der Waals surface area contributed by atoms with E-state index in [0.29, 0.717) is 24.7 Å². The normalized spacial score (nSPS) is 27.4. The Morgan fingerprint density at radius 1 is 1.00 bits per heavy atom. The maximum absolute atomic E-state index is 12.5. The van der Waals surface area contributed by atoms with Crippen LogP contribution in [0.3, 0.4) is 0 Å². The first-order valence-corrected chi connectivity index (χ1v) is 12.4. The number of carbonyl (C=O) groups is 2. The first-order chi connectivity index (χ1) is 14.5. The van der Waals surface area contributed by atoms with Gasteiger partial charge in [-0.2, -0.15) is 0 Å². The van der Waals surface area contributed by atoms with Crippen LogP contribution >= 0.6 is 0 Å². The van der Waals surface area contributed by atoms with E-state index < -0.39 is 0 Å². The Kier molecular flexibility index (Phi) is 8.44. The second-order valence-corrected chi connectivity index (χ2v) is 9.62. The lowest BCUT2D eigenvalue weighted by Gasteiger charge is -2.44. The van der Waals surface area contributed by atoms with Crippen molar-refractivity contribution in [3.63, 3.8) is 0 Å². The molecule has 2 amide bonds. The predicted molar refractivity (Wildman–Crippen MR) is 119 cm³/mol. The average molecular weight is 422 g/mol. The van der Waals surface area contributed by atoms with Crippen molar-refractivity contribution in [2.45, 2.75) is 122 Å². The molecule has 3 fully saturated rings. The van der Waals surface area contributed by atoms with Gasteiger partial charge in [-0.15, -0.1) is 0 Å². The molecule has 3 aliphatic rings. The number of amides is 2. The van der Waals surface area contributed by atoms with Crippen molar-refractivity contribution in [3.8, 4) is 0 Å². The highest BCUT2D eigenvalue weighted by atomic mass is 16.6. The third-order valence-electron chi connectivity index (χ3n) is 7.77. The molecule has 0 aromatic carbocycles. The van der Waals surface area contributed by atoms with Crippen molar-refractivity contribution >= 4 is 12.0 Å². The number of hydrogen-bond acceptors (Lipinski definition) is 4. The predicted octanol–water partition coefficient (Wildman–Crippen LogP) is 4.42. The lowest BCUT2D eigenvalue weighted by atomic mass is 9.95. The largest absolute Gasteiger partial charge is 0.450 e. The van der Waals surface area contributed by atoms with E-state index in [9.17, 15) is 9.59 Å². The van der Waals surface area contributed by atoms with Crippen LogP contribution < -0.4 is 0 Å². The molecule has 0 radical (unpaired) electrons. The van der Waals surface area contributed by atoms with Gasteiger partial charge in [0.2, 0.25) is 5.91 Å². The molecular weight excluding hydrogens is 378 g/mol. The third-order valence-corrected chi connectivity index (χ3v) is 7.77. The highest BCUT2D eigenvalue weighted by molar-refractivity contribution is 5.74. The summed E-state index contributed by atoms with van der Waals surface area (Å²) >= 11 is 0. The van der Waals surface area contributed by atoms with Gasteiger partial charge in [-0.25, -0.2) is 4.79 Å². The number of hydrogen-bond donors (Lipinski definition) is 0. The van der Waals surface area contributed by atoms with Crippen molar-refractivity contribution in [2.75, 3.05) is 19.7 Å². The van der Waals surface area contributed by atoms with Crippen LogP contribution in [0.2, 0.25) is 0 Å². The number of carbonyl (C=O) groups excluding carboxylic acids is 2. The summed E-state index contributed by atoms with van der Waals surface area (Å²) in [4.78, 5) is 31.7. The second-order valence-electron chi connectivity index (χ2n) is 9.62. The molecule has 0 N–H and O–H groups in total. The minimum Gasteiger partial charge on any atom is -0.450 e. The van der Waals surface area contributed by atoms with Gasteiger partial charge in [0.15, 0.2) is 0 Å². The monoisotopic (exact) mass is 421 g/mol. The van der Waals surface area contributed by atoms with Gasteiger partial charge in [-0.3, -0.25) is 4.79 Å². The summed E-state index contributed by atoms with van der Waals surface area (Å²) in [6, 6.07) is 1.93. The first-order valence-electron chi connectivity index (χ1n) is 12.4. The summed E-state index contributed by atoms with van der Waals surface area (Å²) < 4.78 is 5.33. The van der Waals surface area contributed by atoms with Gasteiger partial charge in [0.1, 0.15) is 0 Å². The van der Waals surface area contributed by atoms with Crippen LogP contribution in [-0.4, -0.2) is 76.6 Å². The number of ether oxygens (including phenoxy) is 1. The standard InChI is InChI=1S/C24H43N3O3/c1-5-20(17-23-12-11-18(3)26(23)24(29)30-6-2)25-15-13-22(14-16-25)27(19(4)28)21-9-7-8-10-21/h18,20-23H,5-17H2,1-4H3. The molecule has 172 valence electrons. The van der Waals surface area contributed by atoms with Crippen LogP contribution in [0.15, 0.2) is 0 Å². The fraction of sp³-hybridized carbons (Fsp3) is 0.917. The Balaban J connectivity index is 1.56. The zero-order valence-electron chi connectivity index (χ0n) is 19.6. The van der Waals surface area contributed by atoms with Crippen molar-refractivity contribution in [3.05, 3.63) is 0 Å². The van der Waals surface area contributed by atoms with Crippen LogP contribution in [0.1, 0.15) is 91.9 Å². The average Bonchev–Trinajstić information content (AvgIpc) is 3.37. The molecule has 2 heterocycles. The molecule has 0 spiro atoms. The number of nitrogens with zero attached hydrogens (tertiary/aromatic N) is 3. The molecule has 2 aliphatic heterocycles. The quantitative estimate of drug-likeness (QED) is 0.611. The molecule has 2 saturated heterocycles. The summed E-state index contributed by atoms with van der Waals surface area (Å²) in [6.45, 7) is 10.6. The lowest BCUT2D eigenvalue weighted by molar-refractivity contribution is -0.135. The zero-order valence-corrected chi connectivity index (χ0v) is 19.6. The summed E-state index contributed by atoms with van der Waals surface area (Å²) in [5.74, 6) is 0.261. The van der Waals surface area contributed by atoms with Crippen molar-refractivity contribution in [1.29, 1.82) is 0 Å². The van der Waals surface area contributed by atoms with E-state index in [1.54, 1.807) is 6.92 Å². The minimum atomic E-state index is -0.144.